The van der Waals surface area contributed by atoms with E-state index in [0.29, 0.717) is 11.8 Å². The fourth-order valence-electron chi connectivity index (χ4n) is 4.45. The monoisotopic (exact) mass is 231 g/mol. The van der Waals surface area contributed by atoms with E-state index < -0.39 is 0 Å². The van der Waals surface area contributed by atoms with Gasteiger partial charge in [0.15, 0.2) is 0 Å². The lowest BCUT2D eigenvalue weighted by Gasteiger charge is -2.23. The lowest BCUT2D eigenvalue weighted by Crippen LogP contribution is -2.40. The normalized spacial score (nSPS) is 44.1. The van der Waals surface area contributed by atoms with Gasteiger partial charge in [0.25, 0.3) is 0 Å². The molecule has 3 fully saturated rings. The van der Waals surface area contributed by atoms with Crippen LogP contribution in [-0.4, -0.2) is 22.8 Å². The summed E-state index contributed by atoms with van der Waals surface area (Å²) in [4.78, 5) is 26.5. The highest BCUT2D eigenvalue weighted by atomic mass is 16.2. The van der Waals surface area contributed by atoms with E-state index in [2.05, 4.69) is 12.2 Å². The van der Waals surface area contributed by atoms with Gasteiger partial charge in [0.1, 0.15) is 0 Å². The van der Waals surface area contributed by atoms with Crippen molar-refractivity contribution >= 4 is 11.8 Å². The minimum Gasteiger partial charge on any atom is -0.279 e. The second-order valence-corrected chi connectivity index (χ2v) is 5.98. The smallest absolute Gasteiger partial charge is 0.233 e. The predicted octanol–water partition coefficient (Wildman–Crippen LogP) is 1.74. The van der Waals surface area contributed by atoms with Crippen LogP contribution in [0.1, 0.15) is 32.1 Å². The fraction of sp³-hybridized carbons (Fsp3) is 0.714. The van der Waals surface area contributed by atoms with Crippen molar-refractivity contribution in [2.45, 2.75) is 38.1 Å². The Bertz CT molecular complexity index is 392. The SMILES string of the molecule is O=C1[C@@H]2[C@H](C(=O)N1C1CCCC1)[C@H]1C=C[C@H]2C1. The highest BCUT2D eigenvalue weighted by Crippen LogP contribution is 2.53. The lowest BCUT2D eigenvalue weighted by molar-refractivity contribution is -0.143. The molecule has 90 valence electrons. The maximum Gasteiger partial charge on any atom is 0.233 e. The third-order valence-corrected chi connectivity index (χ3v) is 5.19. The molecule has 0 radical (unpaired) electrons. The van der Waals surface area contributed by atoms with Crippen molar-refractivity contribution in [1.82, 2.24) is 4.90 Å². The molecule has 1 saturated heterocycles. The van der Waals surface area contributed by atoms with Crippen molar-refractivity contribution in [2.75, 3.05) is 0 Å². The van der Waals surface area contributed by atoms with Gasteiger partial charge in [-0.1, -0.05) is 25.0 Å². The van der Waals surface area contributed by atoms with Crippen LogP contribution in [0, 0.1) is 23.7 Å². The molecule has 4 aliphatic rings. The molecular weight excluding hydrogens is 214 g/mol. The van der Waals surface area contributed by atoms with Crippen molar-refractivity contribution in [3.05, 3.63) is 12.2 Å². The number of carbonyl (C=O) groups is 2. The van der Waals surface area contributed by atoms with Gasteiger partial charge in [-0.05, 0) is 31.1 Å². The lowest BCUT2D eigenvalue weighted by atomic mass is 9.85. The molecule has 0 N–H and O–H groups in total. The Morgan fingerprint density at radius 2 is 1.47 bits per heavy atom. The van der Waals surface area contributed by atoms with Gasteiger partial charge < -0.3 is 0 Å². The molecule has 0 aromatic rings. The number of allylic oxidation sites excluding steroid dienone is 2. The standard InChI is InChI=1S/C14H17NO2/c16-13-11-8-5-6-9(7-8)12(11)14(17)15(13)10-3-1-2-4-10/h5-6,8-12H,1-4,7H2/t8-,9-,11-,12+/m0/s1. The van der Waals surface area contributed by atoms with Crippen LogP contribution in [0.3, 0.4) is 0 Å². The Kier molecular flexibility index (Phi) is 1.86. The third-order valence-electron chi connectivity index (χ3n) is 5.19. The van der Waals surface area contributed by atoms with E-state index in [1.807, 2.05) is 0 Å². The molecule has 1 aliphatic heterocycles. The van der Waals surface area contributed by atoms with Crippen LogP contribution in [0.4, 0.5) is 0 Å². The Balaban J connectivity index is 1.68. The third kappa shape index (κ3) is 1.12. The molecule has 3 nitrogen and oxygen atoms in total. The van der Waals surface area contributed by atoms with E-state index >= 15 is 0 Å². The molecule has 4 rings (SSSR count). The Hall–Kier alpha value is -1.12. The Labute approximate surface area is 101 Å². The first-order chi connectivity index (χ1) is 8.27. The second-order valence-electron chi connectivity index (χ2n) is 5.98. The molecule has 3 heteroatoms. The number of likely N-dealkylation sites (tertiary alicyclic amines) is 1. The average molecular weight is 231 g/mol. The number of amides is 2. The molecule has 0 unspecified atom stereocenters. The number of carbonyl (C=O) groups excluding carboxylic acids is 2. The summed E-state index contributed by atoms with van der Waals surface area (Å²) in [5, 5.41) is 0. The molecule has 0 aromatic carbocycles. The molecule has 1 heterocycles. The molecule has 4 atom stereocenters. The maximum atomic E-state index is 12.4. The first-order valence-electron chi connectivity index (χ1n) is 6.82. The van der Waals surface area contributed by atoms with Crippen molar-refractivity contribution in [3.63, 3.8) is 0 Å². The number of rotatable bonds is 1. The number of nitrogens with zero attached hydrogens (tertiary/aromatic N) is 1. The number of fused-ring (bicyclic) bond motifs is 5. The number of imide groups is 1. The van der Waals surface area contributed by atoms with Gasteiger partial charge >= 0.3 is 0 Å². The van der Waals surface area contributed by atoms with Crippen molar-refractivity contribution in [2.24, 2.45) is 23.7 Å². The van der Waals surface area contributed by atoms with Gasteiger partial charge in [0, 0.05) is 6.04 Å². The van der Waals surface area contributed by atoms with Gasteiger partial charge in [-0.15, -0.1) is 0 Å². The topological polar surface area (TPSA) is 37.4 Å². The van der Waals surface area contributed by atoms with Gasteiger partial charge in [-0.25, -0.2) is 0 Å². The molecule has 2 bridgehead atoms. The summed E-state index contributed by atoms with van der Waals surface area (Å²) in [5.74, 6) is 0.990. The van der Waals surface area contributed by atoms with E-state index in [1.54, 1.807) is 4.90 Å². The average Bonchev–Trinajstić information content (AvgIpc) is 3.03. The summed E-state index contributed by atoms with van der Waals surface area (Å²) in [7, 11) is 0. The van der Waals surface area contributed by atoms with Crippen LogP contribution in [0.5, 0.6) is 0 Å². The van der Waals surface area contributed by atoms with Gasteiger partial charge in [0.05, 0.1) is 11.8 Å². The summed E-state index contributed by atoms with van der Waals surface area (Å²) < 4.78 is 0. The minimum atomic E-state index is -0.00176. The zero-order chi connectivity index (χ0) is 11.6. The van der Waals surface area contributed by atoms with Crippen LogP contribution in [0.2, 0.25) is 0 Å². The van der Waals surface area contributed by atoms with E-state index in [9.17, 15) is 9.59 Å². The maximum absolute atomic E-state index is 12.4. The molecule has 17 heavy (non-hydrogen) atoms. The molecule has 2 amide bonds. The summed E-state index contributed by atoms with van der Waals surface area (Å²) in [5.41, 5.74) is 0. The minimum absolute atomic E-state index is 0.00176. The molecule has 2 saturated carbocycles. The van der Waals surface area contributed by atoms with E-state index in [0.717, 1.165) is 19.3 Å². The number of hydrogen-bond acceptors (Lipinski definition) is 2. The Morgan fingerprint density at radius 3 is 2.00 bits per heavy atom. The molecular formula is C14H17NO2. The summed E-state index contributed by atoms with van der Waals surface area (Å²) in [6.07, 6.45) is 9.75. The summed E-state index contributed by atoms with van der Waals surface area (Å²) >= 11 is 0. The van der Waals surface area contributed by atoms with Crippen LogP contribution in [0.15, 0.2) is 12.2 Å². The zero-order valence-corrected chi connectivity index (χ0v) is 9.84. The molecule has 0 aromatic heterocycles. The quantitative estimate of drug-likeness (QED) is 0.509. The van der Waals surface area contributed by atoms with E-state index in [1.165, 1.54) is 12.8 Å². The second kappa shape index (κ2) is 3.21. The van der Waals surface area contributed by atoms with Crippen LogP contribution in [0.25, 0.3) is 0 Å². The van der Waals surface area contributed by atoms with Crippen LogP contribution >= 0.6 is 0 Å². The number of hydrogen-bond donors (Lipinski definition) is 0. The van der Waals surface area contributed by atoms with Gasteiger partial charge in [-0.3, -0.25) is 14.5 Å². The van der Waals surface area contributed by atoms with E-state index in [4.69, 9.17) is 0 Å². The highest BCUT2D eigenvalue weighted by Gasteiger charge is 2.60. The predicted molar refractivity (Wildman–Crippen MR) is 61.8 cm³/mol. The fourth-order valence-corrected chi connectivity index (χ4v) is 4.45. The van der Waals surface area contributed by atoms with Crippen LogP contribution in [-0.2, 0) is 9.59 Å². The van der Waals surface area contributed by atoms with Gasteiger partial charge in [0.2, 0.25) is 11.8 Å². The van der Waals surface area contributed by atoms with Crippen molar-refractivity contribution in [1.29, 1.82) is 0 Å². The molecule has 0 spiro atoms. The molecule has 3 aliphatic carbocycles. The largest absolute Gasteiger partial charge is 0.279 e. The first-order valence-corrected chi connectivity index (χ1v) is 6.82. The Morgan fingerprint density at radius 1 is 0.941 bits per heavy atom. The zero-order valence-electron chi connectivity index (χ0n) is 9.84. The van der Waals surface area contributed by atoms with Crippen molar-refractivity contribution < 1.29 is 9.59 Å². The van der Waals surface area contributed by atoms with Crippen LogP contribution < -0.4 is 0 Å². The summed E-state index contributed by atoms with van der Waals surface area (Å²) in [6, 6.07) is 0.222. The highest BCUT2D eigenvalue weighted by molar-refractivity contribution is 6.06. The van der Waals surface area contributed by atoms with Gasteiger partial charge in [-0.2, -0.15) is 0 Å². The first kappa shape index (κ1) is 9.86. The summed E-state index contributed by atoms with van der Waals surface area (Å²) in [6.45, 7) is 0. The van der Waals surface area contributed by atoms with E-state index in [-0.39, 0.29) is 29.7 Å². The van der Waals surface area contributed by atoms with Crippen molar-refractivity contribution in [3.8, 4) is 0 Å².